The molecule has 50 valence electrons. The van der Waals surface area contributed by atoms with Gasteiger partial charge in [-0.1, -0.05) is 0 Å². The van der Waals surface area contributed by atoms with Crippen molar-refractivity contribution in [3.8, 4) is 0 Å². The van der Waals surface area contributed by atoms with Gasteiger partial charge < -0.3 is 10.5 Å². The third kappa shape index (κ3) is 8.46. The first-order valence-corrected chi connectivity index (χ1v) is 4.15. The highest BCUT2D eigenvalue weighted by atomic mass is 127. The molecule has 0 bridgehead atoms. The molecule has 0 aromatic carbocycles. The fourth-order valence-electron chi connectivity index (χ4n) is 0.183. The van der Waals surface area contributed by atoms with Gasteiger partial charge in [-0.05, 0) is 0 Å². The highest BCUT2D eigenvalue weighted by Crippen LogP contribution is 1.81. The largest absolute Gasteiger partial charge is 0.374 e. The second-order valence-electron chi connectivity index (χ2n) is 1.08. The zero-order valence-electron chi connectivity index (χ0n) is 4.28. The van der Waals surface area contributed by atoms with Gasteiger partial charge in [-0.2, -0.15) is 0 Å². The van der Waals surface area contributed by atoms with E-state index in [0.717, 1.165) is 0 Å². The minimum atomic E-state index is -0.183. The number of carbonyl (C=O) groups excluding carboxylic acids is 2. The normalized spacial score (nSPS) is 7.78. The molecule has 4 nitrogen and oxygen atoms in total. The second kappa shape index (κ2) is 5.27. The summed E-state index contributed by atoms with van der Waals surface area (Å²) in [6, 6.07) is 0. The van der Waals surface area contributed by atoms with Gasteiger partial charge in [0.2, 0.25) is 0 Å². The van der Waals surface area contributed by atoms with Crippen LogP contribution in [0.3, 0.4) is 0 Å². The van der Waals surface area contributed by atoms with Crippen LogP contribution in [0.2, 0.25) is 0 Å². The Hall–Kier alpha value is 0.465. The number of halogens is 2. The zero-order chi connectivity index (χ0) is 7.28. The summed E-state index contributed by atoms with van der Waals surface area (Å²) in [6.45, 7) is 0. The van der Waals surface area contributed by atoms with E-state index in [-0.39, 0.29) is 15.4 Å². The summed E-state index contributed by atoms with van der Waals surface area (Å²) in [6.07, 6.45) is 0. The van der Waals surface area contributed by atoms with Crippen LogP contribution in [0.5, 0.6) is 0 Å². The predicted octanol–water partition coefficient (Wildman–Crippen LogP) is 0.542. The lowest BCUT2D eigenvalue weighted by Gasteiger charge is -1.95. The van der Waals surface area contributed by atoms with Crippen molar-refractivity contribution in [3.63, 3.8) is 0 Å². The molecule has 0 fully saturated rings. The summed E-state index contributed by atoms with van der Waals surface area (Å²) in [4.78, 5) is 20.3. The van der Waals surface area contributed by atoms with E-state index in [2.05, 4.69) is 10.5 Å². The van der Waals surface area contributed by atoms with Gasteiger partial charge in [0.15, 0.2) is 0 Å². The van der Waals surface area contributed by atoms with E-state index in [4.69, 9.17) is 0 Å². The Kier molecular flexibility index (Phi) is 5.54. The van der Waals surface area contributed by atoms with Crippen molar-refractivity contribution >= 4 is 60.6 Å². The average molecular weight is 352 g/mol. The van der Waals surface area contributed by atoms with Crippen molar-refractivity contribution in [1.82, 2.24) is 10.5 Å². The molecule has 0 atom stereocenters. The number of carbonyl (C=O) groups is 2. The van der Waals surface area contributed by atoms with Crippen LogP contribution in [0.15, 0.2) is 0 Å². The van der Waals surface area contributed by atoms with Crippen molar-refractivity contribution < 1.29 is 9.59 Å². The molecule has 0 aliphatic rings. The third-order valence-corrected chi connectivity index (χ3v) is 1.22. The van der Waals surface area contributed by atoms with Crippen LogP contribution in [-0.2, 0) is 0 Å². The van der Waals surface area contributed by atoms with Gasteiger partial charge in [0.05, 0.1) is 0 Å². The van der Waals surface area contributed by atoms with Crippen molar-refractivity contribution in [2.45, 2.75) is 0 Å². The number of rotatable bonds is 2. The van der Waals surface area contributed by atoms with Crippen LogP contribution in [0, 0.1) is 0 Å². The number of hydrogen-bond acceptors (Lipinski definition) is 2. The maximum absolute atomic E-state index is 10.1. The van der Waals surface area contributed by atoms with Gasteiger partial charge in [-0.25, -0.2) is 0 Å². The molecular formula is C2H3BI2N2O2. The summed E-state index contributed by atoms with van der Waals surface area (Å²) >= 11 is 3.17. The van der Waals surface area contributed by atoms with Crippen LogP contribution in [-0.4, -0.2) is 15.4 Å². The van der Waals surface area contributed by atoms with Crippen molar-refractivity contribution in [3.05, 3.63) is 0 Å². The fourth-order valence-corrected chi connectivity index (χ4v) is 0.565. The molecule has 2 amide bonds. The zero-order valence-corrected chi connectivity index (χ0v) is 8.59. The Labute approximate surface area is 80.1 Å². The summed E-state index contributed by atoms with van der Waals surface area (Å²) in [5, 5.41) is 4.78. The molecule has 0 saturated carbocycles. The molecule has 0 aromatic rings. The van der Waals surface area contributed by atoms with Crippen molar-refractivity contribution in [2.75, 3.05) is 0 Å². The van der Waals surface area contributed by atoms with Gasteiger partial charge in [-0.3, -0.25) is 9.59 Å². The van der Waals surface area contributed by atoms with Crippen molar-refractivity contribution in [2.24, 2.45) is 0 Å². The van der Waals surface area contributed by atoms with Crippen LogP contribution in [0.4, 0.5) is 9.59 Å². The molecular weight excluding hydrogens is 349 g/mol. The van der Waals surface area contributed by atoms with Crippen LogP contribution < -0.4 is 10.5 Å². The Morgan fingerprint density at radius 3 is 1.67 bits per heavy atom. The lowest BCUT2D eigenvalue weighted by molar-refractivity contribution is 0.266. The maximum atomic E-state index is 10.1. The van der Waals surface area contributed by atoms with E-state index in [1.165, 1.54) is 0 Å². The molecule has 2 N–H and O–H groups in total. The number of nitrogens with one attached hydrogen (secondary N) is 2. The third-order valence-electron chi connectivity index (χ3n) is 0.455. The molecule has 0 rings (SSSR count). The summed E-state index contributed by atoms with van der Waals surface area (Å²) < 4.78 is -0.365. The molecule has 0 aliphatic carbocycles. The smallest absolute Gasteiger partial charge is 0.357 e. The van der Waals surface area contributed by atoms with E-state index in [1.807, 2.05) is 0 Å². The van der Waals surface area contributed by atoms with E-state index in [9.17, 15) is 9.59 Å². The summed E-state index contributed by atoms with van der Waals surface area (Å²) in [7, 11) is 0.198. The average Bonchev–Trinajstić information content (AvgIpc) is 1.63. The van der Waals surface area contributed by atoms with Crippen molar-refractivity contribution in [1.29, 1.82) is 0 Å². The summed E-state index contributed by atoms with van der Waals surface area (Å²) in [5.74, 6) is 0. The molecule has 7 heteroatoms. The first kappa shape index (κ1) is 9.46. The molecule has 0 aliphatic heterocycles. The Balaban J connectivity index is 3.10. The molecule has 0 spiro atoms. The van der Waals surface area contributed by atoms with E-state index >= 15 is 0 Å². The molecule has 0 radical (unpaired) electrons. The standard InChI is InChI=1S/C2H3BI2N2O2/c4-1(8)6-3-7-2(5)9/h3H,(H,6,8)(H,7,9). The monoisotopic (exact) mass is 352 g/mol. The first-order valence-electron chi connectivity index (χ1n) is 1.99. The minimum Gasteiger partial charge on any atom is -0.374 e. The Morgan fingerprint density at radius 2 is 1.44 bits per heavy atom. The first-order chi connectivity index (χ1) is 4.13. The van der Waals surface area contributed by atoms with Gasteiger partial charge in [0.1, 0.15) is 0 Å². The Bertz CT molecular complexity index is 116. The van der Waals surface area contributed by atoms with E-state index in [0.29, 0.717) is 0 Å². The van der Waals surface area contributed by atoms with Gasteiger partial charge in [0.25, 0.3) is 7.83 Å². The number of amides is 2. The molecule has 0 saturated heterocycles. The second-order valence-corrected chi connectivity index (χ2v) is 3.04. The van der Waals surface area contributed by atoms with Gasteiger partial charge in [-0.15, -0.1) is 0 Å². The SMILES string of the molecule is O=C(I)NBNC(=O)I. The lowest BCUT2D eigenvalue weighted by atomic mass is 10.2. The molecule has 0 heterocycles. The topological polar surface area (TPSA) is 58.2 Å². The quantitative estimate of drug-likeness (QED) is 0.330. The highest BCUT2D eigenvalue weighted by molar-refractivity contribution is 14.1. The van der Waals surface area contributed by atoms with Gasteiger partial charge in [0, 0.05) is 45.2 Å². The van der Waals surface area contributed by atoms with Crippen LogP contribution >= 0.6 is 45.2 Å². The highest BCUT2D eigenvalue weighted by Gasteiger charge is 1.95. The maximum Gasteiger partial charge on any atom is 0.357 e. The number of hydrogen-bond donors (Lipinski definition) is 2. The fraction of sp³-hybridized carbons (Fsp3) is 0. The Morgan fingerprint density at radius 1 is 1.11 bits per heavy atom. The van der Waals surface area contributed by atoms with Crippen LogP contribution in [0.1, 0.15) is 0 Å². The predicted molar refractivity (Wildman–Crippen MR) is 52.3 cm³/mol. The summed E-state index contributed by atoms with van der Waals surface area (Å²) in [5.41, 5.74) is 0. The minimum absolute atomic E-state index is 0.183. The van der Waals surface area contributed by atoms with Gasteiger partial charge >= 0.3 is 7.55 Å². The van der Waals surface area contributed by atoms with Crippen LogP contribution in [0.25, 0.3) is 0 Å². The molecule has 0 aromatic heterocycles. The molecule has 0 unspecified atom stereocenters. The lowest BCUT2D eigenvalue weighted by Crippen LogP contribution is -2.35. The van der Waals surface area contributed by atoms with E-state index < -0.39 is 0 Å². The molecule has 9 heavy (non-hydrogen) atoms. The van der Waals surface area contributed by atoms with E-state index in [1.54, 1.807) is 45.2 Å².